The monoisotopic (exact) mass is 568 g/mol. The highest BCUT2D eigenvalue weighted by Gasteiger charge is 2.33. The van der Waals surface area contributed by atoms with Crippen LogP contribution in [0.5, 0.6) is 0 Å². The second-order valence-corrected chi connectivity index (χ2v) is 9.95. The van der Waals surface area contributed by atoms with Crippen LogP contribution in [0.4, 0.5) is 0 Å². The molecule has 0 radical (unpaired) electrons. The first-order valence-corrected chi connectivity index (χ1v) is 13.2. The van der Waals surface area contributed by atoms with Crippen molar-refractivity contribution < 1.29 is 29.1 Å². The third-order valence-electron chi connectivity index (χ3n) is 6.88. The Hall–Kier alpha value is -4.72. The van der Waals surface area contributed by atoms with Crippen molar-refractivity contribution in [2.24, 2.45) is 17.4 Å². The van der Waals surface area contributed by atoms with Gasteiger partial charge in [-0.15, -0.1) is 0 Å². The largest absolute Gasteiger partial charge is 0.480 e. The zero-order chi connectivity index (χ0) is 30.1. The molecule has 0 saturated heterocycles. The van der Waals surface area contributed by atoms with Gasteiger partial charge in [-0.2, -0.15) is 0 Å². The molecule has 0 aliphatic carbocycles. The molecule has 0 spiro atoms. The van der Waals surface area contributed by atoms with Gasteiger partial charge in [-0.05, 0) is 24.0 Å². The summed E-state index contributed by atoms with van der Waals surface area (Å²) in [5, 5.41) is 17.9. The molecule has 0 aliphatic heterocycles. The summed E-state index contributed by atoms with van der Waals surface area (Å²) >= 11 is 0. The van der Waals surface area contributed by atoms with Gasteiger partial charge in [-0.25, -0.2) is 9.78 Å². The van der Waals surface area contributed by atoms with Gasteiger partial charge in [0, 0.05) is 35.4 Å². The number of benzene rings is 1. The van der Waals surface area contributed by atoms with E-state index in [0.717, 1.165) is 16.5 Å². The second kappa shape index (κ2) is 14.1. The Kier molecular flexibility index (Phi) is 10.6. The molecule has 14 nitrogen and oxygen atoms in total. The van der Waals surface area contributed by atoms with Crippen molar-refractivity contribution in [2.45, 2.75) is 63.7 Å². The molecule has 0 saturated carbocycles. The highest BCUT2D eigenvalue weighted by atomic mass is 16.4. The van der Waals surface area contributed by atoms with Gasteiger partial charge in [0.2, 0.25) is 23.6 Å². The van der Waals surface area contributed by atoms with Gasteiger partial charge >= 0.3 is 5.97 Å². The van der Waals surface area contributed by atoms with Gasteiger partial charge < -0.3 is 42.5 Å². The van der Waals surface area contributed by atoms with E-state index in [1.165, 1.54) is 12.5 Å². The number of nitrogens with one attached hydrogen (secondary N) is 5. The van der Waals surface area contributed by atoms with E-state index in [4.69, 9.17) is 11.5 Å². The van der Waals surface area contributed by atoms with Crippen LogP contribution in [0.25, 0.3) is 10.9 Å². The molecule has 1 aromatic carbocycles. The number of H-pyrrole nitrogens is 2. The van der Waals surface area contributed by atoms with Gasteiger partial charge in [0.15, 0.2) is 0 Å². The molecule has 3 aromatic rings. The molecule has 4 amide bonds. The molecule has 10 N–H and O–H groups in total. The summed E-state index contributed by atoms with van der Waals surface area (Å²) in [6, 6.07) is 2.74. The third-order valence-corrected chi connectivity index (χ3v) is 6.88. The Labute approximate surface area is 236 Å². The number of rotatable bonds is 15. The molecule has 2 heterocycles. The minimum atomic E-state index is -1.56. The highest BCUT2D eigenvalue weighted by Crippen LogP contribution is 2.19. The van der Waals surface area contributed by atoms with Crippen LogP contribution in [0.15, 0.2) is 43.0 Å². The number of aromatic nitrogens is 3. The van der Waals surface area contributed by atoms with Crippen LogP contribution in [-0.4, -0.2) is 73.8 Å². The average Bonchev–Trinajstić information content (AvgIpc) is 3.60. The molecule has 2 aromatic heterocycles. The fourth-order valence-corrected chi connectivity index (χ4v) is 4.35. The number of primary amides is 1. The SMILES string of the molecule is CCC(C)C(NC(=O)C(Cc1cnc[nH]1)NC(=O)C(N)Cc1c[nH]c2ccccc12)C(=O)NC(CC(N)=O)C(=O)O. The van der Waals surface area contributed by atoms with E-state index in [9.17, 15) is 29.1 Å². The number of nitrogens with zero attached hydrogens (tertiary/aromatic N) is 1. The molecule has 41 heavy (non-hydrogen) atoms. The summed E-state index contributed by atoms with van der Waals surface area (Å²) in [6.45, 7) is 3.50. The molecule has 14 heteroatoms. The number of hydrogen-bond acceptors (Lipinski definition) is 7. The van der Waals surface area contributed by atoms with Gasteiger partial charge in [0.05, 0.1) is 18.8 Å². The predicted molar refractivity (Wildman–Crippen MR) is 149 cm³/mol. The maximum Gasteiger partial charge on any atom is 0.326 e. The summed E-state index contributed by atoms with van der Waals surface area (Å²) < 4.78 is 0. The van der Waals surface area contributed by atoms with Crippen LogP contribution in [0, 0.1) is 5.92 Å². The molecule has 5 unspecified atom stereocenters. The van der Waals surface area contributed by atoms with Crippen molar-refractivity contribution in [3.63, 3.8) is 0 Å². The fourth-order valence-electron chi connectivity index (χ4n) is 4.35. The van der Waals surface area contributed by atoms with Crippen molar-refractivity contribution in [3.05, 3.63) is 54.2 Å². The fraction of sp³-hybridized carbons (Fsp3) is 0.407. The van der Waals surface area contributed by atoms with Crippen LogP contribution in [0.3, 0.4) is 0 Å². The Morgan fingerprint density at radius 1 is 0.976 bits per heavy atom. The zero-order valence-corrected chi connectivity index (χ0v) is 22.8. The van der Waals surface area contributed by atoms with Crippen LogP contribution in [-0.2, 0) is 36.8 Å². The van der Waals surface area contributed by atoms with E-state index in [0.29, 0.717) is 12.1 Å². The van der Waals surface area contributed by atoms with Gasteiger partial charge in [-0.3, -0.25) is 19.2 Å². The number of fused-ring (bicyclic) bond motifs is 1. The van der Waals surface area contributed by atoms with Crippen molar-refractivity contribution in [2.75, 3.05) is 0 Å². The lowest BCUT2D eigenvalue weighted by molar-refractivity contribution is -0.144. The molecule has 3 rings (SSSR count). The van der Waals surface area contributed by atoms with Gasteiger partial charge in [0.25, 0.3) is 0 Å². The number of carboxylic acid groups (broad SMARTS) is 1. The summed E-state index contributed by atoms with van der Waals surface area (Å²) in [5.41, 5.74) is 13.6. The van der Waals surface area contributed by atoms with Crippen molar-refractivity contribution in [3.8, 4) is 0 Å². The second-order valence-electron chi connectivity index (χ2n) is 9.95. The normalized spacial score (nSPS) is 14.8. The first-order valence-electron chi connectivity index (χ1n) is 13.2. The first kappa shape index (κ1) is 30.8. The van der Waals surface area contributed by atoms with Crippen LogP contribution in [0.2, 0.25) is 0 Å². The Morgan fingerprint density at radius 2 is 1.68 bits per heavy atom. The lowest BCUT2D eigenvalue weighted by Crippen LogP contribution is -2.59. The van der Waals surface area contributed by atoms with E-state index < -0.39 is 66.1 Å². The van der Waals surface area contributed by atoms with E-state index >= 15 is 0 Å². The lowest BCUT2D eigenvalue weighted by Gasteiger charge is -2.28. The number of aliphatic carboxylic acids is 1. The number of aromatic amines is 2. The summed E-state index contributed by atoms with van der Waals surface area (Å²) in [5.74, 6) is -4.84. The van der Waals surface area contributed by atoms with E-state index in [2.05, 4.69) is 30.9 Å². The molecule has 5 atom stereocenters. The molecule has 0 bridgehead atoms. The number of para-hydroxylation sites is 1. The van der Waals surface area contributed by atoms with Crippen molar-refractivity contribution in [1.82, 2.24) is 30.9 Å². The summed E-state index contributed by atoms with van der Waals surface area (Å²) in [6.07, 6.45) is 4.78. The molecule has 0 fully saturated rings. The average molecular weight is 569 g/mol. The highest BCUT2D eigenvalue weighted by molar-refractivity contribution is 5.95. The number of nitrogens with two attached hydrogens (primary N) is 2. The van der Waals surface area contributed by atoms with Crippen LogP contribution >= 0.6 is 0 Å². The number of hydrogen-bond donors (Lipinski definition) is 8. The third kappa shape index (κ3) is 8.38. The van der Waals surface area contributed by atoms with Crippen LogP contribution in [0.1, 0.15) is 37.9 Å². The Morgan fingerprint density at radius 3 is 2.32 bits per heavy atom. The van der Waals surface area contributed by atoms with Crippen molar-refractivity contribution >= 4 is 40.5 Å². The Balaban J connectivity index is 1.76. The molecule has 0 aliphatic rings. The first-order chi connectivity index (χ1) is 19.5. The van der Waals surface area contributed by atoms with Crippen LogP contribution < -0.4 is 27.4 Å². The van der Waals surface area contributed by atoms with Gasteiger partial charge in [0.1, 0.15) is 18.1 Å². The molecular weight excluding hydrogens is 532 g/mol. The number of carbonyl (C=O) groups excluding carboxylic acids is 4. The van der Waals surface area contributed by atoms with E-state index in [1.807, 2.05) is 24.3 Å². The van der Waals surface area contributed by atoms with Gasteiger partial charge in [-0.1, -0.05) is 38.5 Å². The molecular formula is C27H36N8O6. The lowest BCUT2D eigenvalue weighted by atomic mass is 9.97. The molecule has 220 valence electrons. The number of amides is 4. The minimum Gasteiger partial charge on any atom is -0.480 e. The zero-order valence-electron chi connectivity index (χ0n) is 22.8. The number of imidazole rings is 1. The quantitative estimate of drug-likeness (QED) is 0.118. The summed E-state index contributed by atoms with van der Waals surface area (Å²) in [4.78, 5) is 72.4. The maximum absolute atomic E-state index is 13.5. The smallest absolute Gasteiger partial charge is 0.326 e. The topological polar surface area (TPSA) is 238 Å². The standard InChI is InChI=1S/C27H36N8O6/c1-3-14(2)23(26(39)34-21(27(40)41)10-22(29)36)35-25(38)20(9-16-12-30-13-32-16)33-24(37)18(28)8-15-11-31-19-7-5-4-6-17(15)19/h4-7,11-14,18,20-21,23,31H,3,8-10,28H2,1-2H3,(H2,29,36)(H,30,32)(H,33,37)(H,34,39)(H,35,38)(H,40,41). The maximum atomic E-state index is 13.5. The van der Waals surface area contributed by atoms with Crippen molar-refractivity contribution in [1.29, 1.82) is 0 Å². The minimum absolute atomic E-state index is 0.0195. The predicted octanol–water partition coefficient (Wildman–Crippen LogP) is -0.536. The van der Waals surface area contributed by atoms with E-state index in [1.54, 1.807) is 20.0 Å². The van der Waals surface area contributed by atoms with E-state index in [-0.39, 0.29) is 12.8 Å². The number of carbonyl (C=O) groups is 5. The number of carboxylic acids is 1. The summed E-state index contributed by atoms with van der Waals surface area (Å²) in [7, 11) is 0. The Bertz CT molecular complexity index is 1370.